The molecule has 0 atom stereocenters. The Morgan fingerprint density at radius 2 is 2.07 bits per heavy atom. The SMILES string of the molecule is CCOCCCNC(=O)c1ccc2onc(-c3csc(-c4ccccc4)n3)c2c1. The molecule has 2 heterocycles. The Hall–Kier alpha value is -3.03. The maximum absolute atomic E-state index is 12.5. The summed E-state index contributed by atoms with van der Waals surface area (Å²) in [7, 11) is 0. The number of aromatic nitrogens is 2. The molecule has 7 heteroatoms. The molecule has 0 fully saturated rings. The van der Waals surface area contributed by atoms with Gasteiger partial charge in [-0.25, -0.2) is 4.98 Å². The third-order valence-corrected chi connectivity index (χ3v) is 5.35. The zero-order chi connectivity index (χ0) is 20.1. The van der Waals surface area contributed by atoms with E-state index in [2.05, 4.69) is 10.5 Å². The summed E-state index contributed by atoms with van der Waals surface area (Å²) in [6.07, 6.45) is 0.779. The molecule has 29 heavy (non-hydrogen) atoms. The van der Waals surface area contributed by atoms with Gasteiger partial charge in [-0.3, -0.25) is 4.79 Å². The number of ether oxygens (including phenoxy) is 1. The molecule has 0 aliphatic heterocycles. The number of carbonyl (C=O) groups is 1. The van der Waals surface area contributed by atoms with E-state index < -0.39 is 0 Å². The minimum absolute atomic E-state index is 0.126. The molecule has 0 aliphatic rings. The van der Waals surface area contributed by atoms with Crippen molar-refractivity contribution in [2.24, 2.45) is 0 Å². The van der Waals surface area contributed by atoms with Crippen molar-refractivity contribution in [3.63, 3.8) is 0 Å². The van der Waals surface area contributed by atoms with E-state index in [4.69, 9.17) is 14.2 Å². The molecular weight excluding hydrogens is 386 g/mol. The molecule has 6 nitrogen and oxygen atoms in total. The lowest BCUT2D eigenvalue weighted by molar-refractivity contribution is 0.0944. The number of rotatable bonds is 8. The van der Waals surface area contributed by atoms with Gasteiger partial charge in [0.1, 0.15) is 16.4 Å². The Labute approximate surface area is 172 Å². The summed E-state index contributed by atoms with van der Waals surface area (Å²) >= 11 is 1.55. The molecule has 0 radical (unpaired) electrons. The van der Waals surface area contributed by atoms with Gasteiger partial charge >= 0.3 is 0 Å². The molecule has 0 saturated heterocycles. The van der Waals surface area contributed by atoms with E-state index in [0.29, 0.717) is 36.6 Å². The average Bonchev–Trinajstić information content (AvgIpc) is 3.40. The van der Waals surface area contributed by atoms with Crippen molar-refractivity contribution in [1.82, 2.24) is 15.5 Å². The van der Waals surface area contributed by atoms with E-state index in [1.807, 2.05) is 42.6 Å². The molecule has 4 rings (SSSR count). The summed E-state index contributed by atoms with van der Waals surface area (Å²) < 4.78 is 10.7. The average molecular weight is 407 g/mol. The van der Waals surface area contributed by atoms with E-state index in [1.165, 1.54) is 0 Å². The van der Waals surface area contributed by atoms with Crippen LogP contribution in [0.2, 0.25) is 0 Å². The molecule has 0 aliphatic carbocycles. The van der Waals surface area contributed by atoms with Crippen LogP contribution in [0, 0.1) is 0 Å². The standard InChI is InChI=1S/C22H21N3O3S/c1-2-27-12-6-11-23-21(26)16-9-10-19-17(13-16)20(25-28-19)18-14-29-22(24-18)15-7-4-3-5-8-15/h3-5,7-10,13-14H,2,6,11-12H2,1H3,(H,23,26). The number of thiazole rings is 1. The minimum atomic E-state index is -0.126. The highest BCUT2D eigenvalue weighted by molar-refractivity contribution is 7.13. The van der Waals surface area contributed by atoms with Crippen LogP contribution in [0.5, 0.6) is 0 Å². The van der Waals surface area contributed by atoms with Crippen LogP contribution in [0.4, 0.5) is 0 Å². The van der Waals surface area contributed by atoms with Crippen molar-refractivity contribution in [2.45, 2.75) is 13.3 Å². The van der Waals surface area contributed by atoms with Gasteiger partial charge in [-0.1, -0.05) is 35.5 Å². The number of nitrogens with zero attached hydrogens (tertiary/aromatic N) is 2. The summed E-state index contributed by atoms with van der Waals surface area (Å²) in [6.45, 7) is 3.85. The lowest BCUT2D eigenvalue weighted by Crippen LogP contribution is -2.25. The van der Waals surface area contributed by atoms with Crippen molar-refractivity contribution in [3.05, 3.63) is 59.5 Å². The van der Waals surface area contributed by atoms with Gasteiger partial charge in [-0.15, -0.1) is 11.3 Å². The van der Waals surface area contributed by atoms with Crippen LogP contribution >= 0.6 is 11.3 Å². The number of hydrogen-bond donors (Lipinski definition) is 1. The molecule has 2 aromatic heterocycles. The number of nitrogens with one attached hydrogen (secondary N) is 1. The van der Waals surface area contributed by atoms with Gasteiger partial charge in [-0.05, 0) is 31.5 Å². The summed E-state index contributed by atoms with van der Waals surface area (Å²) in [6, 6.07) is 15.3. The third kappa shape index (κ3) is 4.36. The van der Waals surface area contributed by atoms with E-state index in [-0.39, 0.29) is 5.91 Å². The molecule has 0 unspecified atom stereocenters. The molecular formula is C22H21N3O3S. The van der Waals surface area contributed by atoms with Crippen molar-refractivity contribution in [3.8, 4) is 22.0 Å². The zero-order valence-corrected chi connectivity index (χ0v) is 16.9. The largest absolute Gasteiger partial charge is 0.382 e. The molecule has 0 spiro atoms. The first-order chi connectivity index (χ1) is 14.3. The Bertz CT molecular complexity index is 1100. The van der Waals surface area contributed by atoms with E-state index in [1.54, 1.807) is 29.5 Å². The second-order valence-corrected chi connectivity index (χ2v) is 7.31. The second-order valence-electron chi connectivity index (χ2n) is 6.45. The van der Waals surface area contributed by atoms with E-state index >= 15 is 0 Å². The van der Waals surface area contributed by atoms with Gasteiger partial charge in [0.25, 0.3) is 5.91 Å². The first-order valence-corrected chi connectivity index (χ1v) is 10.4. The highest BCUT2D eigenvalue weighted by Gasteiger charge is 2.16. The Balaban J connectivity index is 1.55. The maximum atomic E-state index is 12.5. The fourth-order valence-corrected chi connectivity index (χ4v) is 3.79. The number of benzene rings is 2. The monoisotopic (exact) mass is 407 g/mol. The fraction of sp³-hybridized carbons (Fsp3) is 0.227. The van der Waals surface area contributed by atoms with Gasteiger partial charge in [0.05, 0.1) is 5.39 Å². The zero-order valence-electron chi connectivity index (χ0n) is 16.1. The van der Waals surface area contributed by atoms with Crippen LogP contribution < -0.4 is 5.32 Å². The van der Waals surface area contributed by atoms with Gasteiger partial charge in [0.15, 0.2) is 5.58 Å². The first kappa shape index (κ1) is 19.3. The molecule has 1 N–H and O–H groups in total. The molecule has 2 aromatic carbocycles. The van der Waals surface area contributed by atoms with E-state index in [9.17, 15) is 4.79 Å². The lowest BCUT2D eigenvalue weighted by Gasteiger charge is -2.05. The molecule has 0 saturated carbocycles. The van der Waals surface area contributed by atoms with Crippen LogP contribution in [0.15, 0.2) is 58.4 Å². The number of amides is 1. The lowest BCUT2D eigenvalue weighted by atomic mass is 10.1. The second kappa shape index (κ2) is 8.98. The number of fused-ring (bicyclic) bond motifs is 1. The van der Waals surface area contributed by atoms with Crippen LogP contribution in [0.25, 0.3) is 32.9 Å². The maximum Gasteiger partial charge on any atom is 0.251 e. The van der Waals surface area contributed by atoms with Crippen LogP contribution in [-0.2, 0) is 4.74 Å². The number of carbonyl (C=O) groups excluding carboxylic acids is 1. The predicted molar refractivity (Wildman–Crippen MR) is 114 cm³/mol. The molecule has 0 bridgehead atoms. The van der Waals surface area contributed by atoms with Crippen molar-refractivity contribution < 1.29 is 14.1 Å². The summed E-state index contributed by atoms with van der Waals surface area (Å²) in [5, 5.41) is 10.8. The highest BCUT2D eigenvalue weighted by atomic mass is 32.1. The summed E-state index contributed by atoms with van der Waals surface area (Å²) in [5.74, 6) is -0.126. The Morgan fingerprint density at radius 1 is 1.21 bits per heavy atom. The van der Waals surface area contributed by atoms with Crippen molar-refractivity contribution in [2.75, 3.05) is 19.8 Å². The van der Waals surface area contributed by atoms with Gasteiger partial charge in [0, 0.05) is 36.3 Å². The smallest absolute Gasteiger partial charge is 0.251 e. The van der Waals surface area contributed by atoms with Gasteiger partial charge in [-0.2, -0.15) is 0 Å². The van der Waals surface area contributed by atoms with Crippen molar-refractivity contribution in [1.29, 1.82) is 0 Å². The molecule has 1 amide bonds. The van der Waals surface area contributed by atoms with Gasteiger partial charge < -0.3 is 14.6 Å². The highest BCUT2D eigenvalue weighted by Crippen LogP contribution is 2.32. The van der Waals surface area contributed by atoms with Crippen LogP contribution in [-0.4, -0.2) is 35.8 Å². The summed E-state index contributed by atoms with van der Waals surface area (Å²) in [4.78, 5) is 17.2. The third-order valence-electron chi connectivity index (χ3n) is 4.45. The first-order valence-electron chi connectivity index (χ1n) is 9.53. The molecule has 148 valence electrons. The number of hydrogen-bond acceptors (Lipinski definition) is 6. The Morgan fingerprint density at radius 3 is 2.90 bits per heavy atom. The van der Waals surface area contributed by atoms with E-state index in [0.717, 1.165) is 28.1 Å². The van der Waals surface area contributed by atoms with Gasteiger partial charge in [0.2, 0.25) is 0 Å². The fourth-order valence-electron chi connectivity index (χ4n) is 2.98. The van der Waals surface area contributed by atoms with Crippen LogP contribution in [0.3, 0.4) is 0 Å². The Kier molecular flexibility index (Phi) is 5.97. The normalized spacial score (nSPS) is 11.1. The van der Waals surface area contributed by atoms with Crippen molar-refractivity contribution >= 4 is 28.2 Å². The minimum Gasteiger partial charge on any atom is -0.382 e. The molecule has 4 aromatic rings. The quantitative estimate of drug-likeness (QED) is 0.426. The topological polar surface area (TPSA) is 77.2 Å². The summed E-state index contributed by atoms with van der Waals surface area (Å²) in [5.41, 5.74) is 3.63. The predicted octanol–water partition coefficient (Wildman–Crippen LogP) is 4.77. The van der Waals surface area contributed by atoms with Crippen LogP contribution in [0.1, 0.15) is 23.7 Å².